The summed E-state index contributed by atoms with van der Waals surface area (Å²) in [4.78, 5) is 13.1. The van der Waals surface area contributed by atoms with Gasteiger partial charge in [0.2, 0.25) is 5.91 Å². The summed E-state index contributed by atoms with van der Waals surface area (Å²) >= 11 is 1.41. The number of ether oxygens (including phenoxy) is 1. The van der Waals surface area contributed by atoms with E-state index in [1.807, 2.05) is 31.2 Å². The van der Waals surface area contributed by atoms with Crippen LogP contribution in [0.1, 0.15) is 12.5 Å². The minimum Gasteiger partial charge on any atom is -0.406 e. The molecule has 0 heterocycles. The van der Waals surface area contributed by atoms with Gasteiger partial charge in [0.25, 0.3) is 0 Å². The molecular weight excluding hydrogens is 339 g/mol. The van der Waals surface area contributed by atoms with Crippen molar-refractivity contribution >= 4 is 23.4 Å². The standard InChI is InChI=1S/C17H16F3NO2S/c1-11-3-9-15(10-4-11)24-12(2)16(22)21-13-5-7-14(8-6-13)23-17(18,19)20/h3-10,12H,1-2H3,(H,21,22)/t12-/m0/s1. The smallest absolute Gasteiger partial charge is 0.406 e. The third kappa shape index (κ3) is 5.81. The van der Waals surface area contributed by atoms with Crippen LogP contribution in [-0.4, -0.2) is 17.5 Å². The second-order valence-electron chi connectivity index (χ2n) is 5.13. The molecular formula is C17H16F3NO2S. The largest absolute Gasteiger partial charge is 0.573 e. The maximum atomic E-state index is 12.2. The van der Waals surface area contributed by atoms with Crippen LogP contribution in [0.25, 0.3) is 0 Å². The highest BCUT2D eigenvalue weighted by Gasteiger charge is 2.31. The summed E-state index contributed by atoms with van der Waals surface area (Å²) in [5.41, 5.74) is 1.54. The van der Waals surface area contributed by atoms with Crippen LogP contribution in [0.3, 0.4) is 0 Å². The fourth-order valence-corrected chi connectivity index (χ4v) is 2.73. The molecule has 2 aromatic rings. The molecule has 0 spiro atoms. The first kappa shape index (κ1) is 18.2. The molecule has 0 unspecified atom stereocenters. The Balaban J connectivity index is 1.92. The highest BCUT2D eigenvalue weighted by atomic mass is 32.2. The molecule has 2 aromatic carbocycles. The molecule has 3 nitrogen and oxygen atoms in total. The van der Waals surface area contributed by atoms with Gasteiger partial charge >= 0.3 is 6.36 Å². The van der Waals surface area contributed by atoms with Crippen LogP contribution >= 0.6 is 11.8 Å². The molecule has 0 saturated carbocycles. The molecule has 1 N–H and O–H groups in total. The number of nitrogens with one attached hydrogen (secondary N) is 1. The molecule has 128 valence electrons. The molecule has 0 saturated heterocycles. The van der Waals surface area contributed by atoms with Crippen molar-refractivity contribution < 1.29 is 22.7 Å². The summed E-state index contributed by atoms with van der Waals surface area (Å²) in [5, 5.41) is 2.32. The average molecular weight is 355 g/mol. The summed E-state index contributed by atoms with van der Waals surface area (Å²) in [5.74, 6) is -0.562. The van der Waals surface area contributed by atoms with Crippen LogP contribution in [0, 0.1) is 6.92 Å². The van der Waals surface area contributed by atoms with Crippen LogP contribution in [0.4, 0.5) is 18.9 Å². The quantitative estimate of drug-likeness (QED) is 0.766. The Labute approximate surface area is 142 Å². The molecule has 0 fully saturated rings. The van der Waals surface area contributed by atoms with Gasteiger partial charge in [0.05, 0.1) is 5.25 Å². The molecule has 1 atom stereocenters. The van der Waals surface area contributed by atoms with E-state index in [0.717, 1.165) is 22.6 Å². The molecule has 0 aromatic heterocycles. The van der Waals surface area contributed by atoms with E-state index < -0.39 is 6.36 Å². The molecule has 24 heavy (non-hydrogen) atoms. The SMILES string of the molecule is Cc1ccc(S[C@@H](C)C(=O)Nc2ccc(OC(F)(F)F)cc2)cc1. The summed E-state index contributed by atoms with van der Waals surface area (Å²) in [6, 6.07) is 12.8. The van der Waals surface area contributed by atoms with Crippen LogP contribution in [0.15, 0.2) is 53.4 Å². The van der Waals surface area contributed by atoms with E-state index in [0.29, 0.717) is 5.69 Å². The number of hydrogen-bond acceptors (Lipinski definition) is 3. The number of benzene rings is 2. The first-order valence-corrected chi connectivity index (χ1v) is 8.01. The van der Waals surface area contributed by atoms with Crippen molar-refractivity contribution in [1.82, 2.24) is 0 Å². The lowest BCUT2D eigenvalue weighted by molar-refractivity contribution is -0.274. The van der Waals surface area contributed by atoms with Gasteiger partial charge in [-0.25, -0.2) is 0 Å². The molecule has 2 rings (SSSR count). The number of carbonyl (C=O) groups excluding carboxylic acids is 1. The van der Waals surface area contributed by atoms with Crippen LogP contribution in [0.2, 0.25) is 0 Å². The maximum absolute atomic E-state index is 12.2. The number of amides is 1. The minimum atomic E-state index is -4.73. The van der Waals surface area contributed by atoms with Gasteiger partial charge in [-0.05, 0) is 50.2 Å². The second-order valence-corrected chi connectivity index (χ2v) is 6.55. The zero-order valence-corrected chi connectivity index (χ0v) is 13.9. The van der Waals surface area contributed by atoms with Gasteiger partial charge in [-0.3, -0.25) is 4.79 Å². The average Bonchev–Trinajstić information content (AvgIpc) is 2.50. The molecule has 0 bridgehead atoms. The number of thioether (sulfide) groups is 1. The van der Waals surface area contributed by atoms with E-state index in [2.05, 4.69) is 10.1 Å². The van der Waals surface area contributed by atoms with Crippen LogP contribution in [0.5, 0.6) is 5.75 Å². The fraction of sp³-hybridized carbons (Fsp3) is 0.235. The monoisotopic (exact) mass is 355 g/mol. The normalized spacial score (nSPS) is 12.5. The Kier molecular flexibility index (Phi) is 5.77. The Morgan fingerprint density at radius 3 is 2.21 bits per heavy atom. The summed E-state index contributed by atoms with van der Waals surface area (Å²) in [7, 11) is 0. The summed E-state index contributed by atoms with van der Waals surface area (Å²) < 4.78 is 40.1. The Bertz CT molecular complexity index is 684. The zero-order chi connectivity index (χ0) is 17.7. The molecule has 0 aliphatic carbocycles. The lowest BCUT2D eigenvalue weighted by atomic mass is 10.2. The lowest BCUT2D eigenvalue weighted by Crippen LogP contribution is -2.22. The number of hydrogen-bond donors (Lipinski definition) is 1. The van der Waals surface area contributed by atoms with Crippen LogP contribution < -0.4 is 10.1 Å². The summed E-state index contributed by atoms with van der Waals surface area (Å²) in [6.45, 7) is 3.75. The van der Waals surface area contributed by atoms with E-state index in [9.17, 15) is 18.0 Å². The van der Waals surface area contributed by atoms with Crippen LogP contribution in [-0.2, 0) is 4.79 Å². The van der Waals surface area contributed by atoms with Crippen molar-refractivity contribution in [3.8, 4) is 5.75 Å². The molecule has 7 heteroatoms. The van der Waals surface area contributed by atoms with Crippen molar-refractivity contribution in [3.63, 3.8) is 0 Å². The predicted octanol–water partition coefficient (Wildman–Crippen LogP) is 5.01. The number of aryl methyl sites for hydroxylation is 1. The van der Waals surface area contributed by atoms with Gasteiger partial charge in [-0.15, -0.1) is 24.9 Å². The topological polar surface area (TPSA) is 38.3 Å². The Morgan fingerprint density at radius 1 is 1.08 bits per heavy atom. The first-order valence-electron chi connectivity index (χ1n) is 7.13. The van der Waals surface area contributed by atoms with Crippen molar-refractivity contribution in [1.29, 1.82) is 0 Å². The van der Waals surface area contributed by atoms with Crippen molar-refractivity contribution in [3.05, 3.63) is 54.1 Å². The van der Waals surface area contributed by atoms with E-state index in [1.165, 1.54) is 23.9 Å². The van der Waals surface area contributed by atoms with Gasteiger partial charge in [0.15, 0.2) is 0 Å². The molecule has 0 aliphatic rings. The predicted molar refractivity (Wildman–Crippen MR) is 88.3 cm³/mol. The second kappa shape index (κ2) is 7.61. The fourth-order valence-electron chi connectivity index (χ4n) is 1.86. The van der Waals surface area contributed by atoms with E-state index >= 15 is 0 Å². The van der Waals surface area contributed by atoms with Crippen molar-refractivity contribution in [2.45, 2.75) is 30.4 Å². The number of carbonyl (C=O) groups is 1. The number of anilines is 1. The number of alkyl halides is 3. The van der Waals surface area contributed by atoms with Gasteiger partial charge in [-0.1, -0.05) is 17.7 Å². The molecule has 0 aliphatic heterocycles. The van der Waals surface area contributed by atoms with Gasteiger partial charge < -0.3 is 10.1 Å². The van der Waals surface area contributed by atoms with Gasteiger partial charge in [0.1, 0.15) is 5.75 Å². The van der Waals surface area contributed by atoms with E-state index in [1.54, 1.807) is 6.92 Å². The highest BCUT2D eigenvalue weighted by Crippen LogP contribution is 2.26. The molecule has 0 radical (unpaired) electrons. The number of rotatable bonds is 5. The Morgan fingerprint density at radius 2 is 1.67 bits per heavy atom. The van der Waals surface area contributed by atoms with Crippen molar-refractivity contribution in [2.75, 3.05) is 5.32 Å². The lowest BCUT2D eigenvalue weighted by Gasteiger charge is -2.13. The minimum absolute atomic E-state index is 0.231. The van der Waals surface area contributed by atoms with E-state index in [4.69, 9.17) is 0 Å². The number of halogens is 3. The molecule has 1 amide bonds. The first-order chi connectivity index (χ1) is 11.2. The third-order valence-corrected chi connectivity index (χ3v) is 4.17. The maximum Gasteiger partial charge on any atom is 0.573 e. The summed E-state index contributed by atoms with van der Waals surface area (Å²) in [6.07, 6.45) is -4.73. The highest BCUT2D eigenvalue weighted by molar-refractivity contribution is 8.00. The third-order valence-electron chi connectivity index (χ3n) is 3.06. The van der Waals surface area contributed by atoms with Gasteiger partial charge in [-0.2, -0.15) is 0 Å². The Hall–Kier alpha value is -2.15. The zero-order valence-electron chi connectivity index (χ0n) is 13.1. The van der Waals surface area contributed by atoms with Crippen molar-refractivity contribution in [2.24, 2.45) is 0 Å². The van der Waals surface area contributed by atoms with E-state index in [-0.39, 0.29) is 16.9 Å². The van der Waals surface area contributed by atoms with Gasteiger partial charge in [0, 0.05) is 10.6 Å².